The van der Waals surface area contributed by atoms with E-state index in [9.17, 15) is 5.11 Å². The fourth-order valence-corrected chi connectivity index (χ4v) is 3.80. The lowest BCUT2D eigenvalue weighted by molar-refractivity contribution is 0.369. The van der Waals surface area contributed by atoms with Crippen LogP contribution in [0.5, 0.6) is 5.75 Å². The highest BCUT2D eigenvalue weighted by Gasteiger charge is 2.21. The second-order valence-corrected chi connectivity index (χ2v) is 7.49. The molecule has 1 saturated heterocycles. The Morgan fingerprint density at radius 2 is 1.96 bits per heavy atom. The number of aliphatic imine (C=N–C) groups is 1. The van der Waals surface area contributed by atoms with Gasteiger partial charge in [-0.3, -0.25) is 0 Å². The number of para-hydroxylation sites is 2. The molecule has 2 N–H and O–H groups in total. The number of rotatable bonds is 5. The van der Waals surface area contributed by atoms with E-state index in [4.69, 9.17) is 4.99 Å². The molecule has 2 heterocycles. The minimum atomic E-state index is 0. The third-order valence-electron chi connectivity index (χ3n) is 4.45. The van der Waals surface area contributed by atoms with E-state index in [1.807, 2.05) is 37.2 Å². The van der Waals surface area contributed by atoms with E-state index in [2.05, 4.69) is 32.4 Å². The van der Waals surface area contributed by atoms with Crippen LogP contribution in [0.3, 0.4) is 0 Å². The summed E-state index contributed by atoms with van der Waals surface area (Å²) in [6.45, 7) is 6.92. The first-order chi connectivity index (χ1) is 13.1. The predicted octanol–water partition coefficient (Wildman–Crippen LogP) is 2.82. The van der Waals surface area contributed by atoms with E-state index in [-0.39, 0.29) is 24.0 Å². The fraction of sp³-hybridized carbons (Fsp3) is 0.474. The molecule has 154 valence electrons. The summed E-state index contributed by atoms with van der Waals surface area (Å²) in [5.41, 5.74) is 1.89. The molecule has 0 saturated carbocycles. The molecule has 0 bridgehead atoms. The maximum absolute atomic E-state index is 10.1. The van der Waals surface area contributed by atoms with Crippen molar-refractivity contribution in [1.29, 1.82) is 0 Å². The summed E-state index contributed by atoms with van der Waals surface area (Å²) in [4.78, 5) is 15.9. The van der Waals surface area contributed by atoms with Gasteiger partial charge in [-0.05, 0) is 19.1 Å². The zero-order valence-electron chi connectivity index (χ0n) is 16.6. The molecule has 28 heavy (non-hydrogen) atoms. The highest BCUT2D eigenvalue weighted by Crippen LogP contribution is 2.27. The quantitative estimate of drug-likeness (QED) is 0.362. The van der Waals surface area contributed by atoms with Crippen molar-refractivity contribution in [3.63, 3.8) is 0 Å². The summed E-state index contributed by atoms with van der Waals surface area (Å²) in [5, 5.41) is 16.5. The molecule has 2 aromatic rings. The van der Waals surface area contributed by atoms with Crippen LogP contribution in [0.4, 0.5) is 10.8 Å². The van der Waals surface area contributed by atoms with Crippen molar-refractivity contribution in [1.82, 2.24) is 15.2 Å². The normalized spacial score (nSPS) is 14.6. The Kier molecular flexibility index (Phi) is 8.61. The van der Waals surface area contributed by atoms with Crippen molar-refractivity contribution < 1.29 is 5.11 Å². The number of piperazine rings is 1. The number of aromatic hydroxyl groups is 1. The first-order valence-electron chi connectivity index (χ1n) is 9.26. The molecular weight excluding hydrogens is 487 g/mol. The van der Waals surface area contributed by atoms with Crippen molar-refractivity contribution >= 4 is 52.1 Å². The van der Waals surface area contributed by atoms with Crippen LogP contribution in [-0.2, 0) is 6.54 Å². The Bertz CT molecular complexity index is 773. The maximum Gasteiger partial charge on any atom is 0.194 e. The number of phenols is 1. The number of benzene rings is 1. The van der Waals surface area contributed by atoms with Crippen molar-refractivity contribution in [2.75, 3.05) is 56.6 Å². The number of aromatic nitrogens is 1. The molecule has 1 fully saturated rings. The van der Waals surface area contributed by atoms with Gasteiger partial charge in [0.05, 0.1) is 17.9 Å². The number of guanidine groups is 1. The molecule has 0 atom stereocenters. The van der Waals surface area contributed by atoms with Crippen LogP contribution in [0.2, 0.25) is 0 Å². The molecule has 7 nitrogen and oxygen atoms in total. The summed E-state index contributed by atoms with van der Waals surface area (Å²) in [7, 11) is 4.00. The molecule has 1 aromatic carbocycles. The second-order valence-electron chi connectivity index (χ2n) is 6.65. The van der Waals surface area contributed by atoms with Crippen LogP contribution in [0, 0.1) is 0 Å². The van der Waals surface area contributed by atoms with E-state index < -0.39 is 0 Å². The fourth-order valence-electron chi connectivity index (χ4n) is 3.05. The predicted molar refractivity (Wildman–Crippen MR) is 129 cm³/mol. The average Bonchev–Trinajstić information content (AvgIpc) is 3.15. The SMILES string of the molecule is CCNC(=NCc1csc(N(C)C)n1)N1CCN(c2ccccc2O)CC1.I. The molecule has 1 aliphatic heterocycles. The lowest BCUT2D eigenvalue weighted by Crippen LogP contribution is -2.52. The first-order valence-corrected chi connectivity index (χ1v) is 10.1. The summed E-state index contributed by atoms with van der Waals surface area (Å²) in [6.07, 6.45) is 0. The van der Waals surface area contributed by atoms with E-state index in [1.54, 1.807) is 17.4 Å². The molecule has 1 aliphatic rings. The lowest BCUT2D eigenvalue weighted by atomic mass is 10.2. The van der Waals surface area contributed by atoms with Gasteiger partial charge in [0.15, 0.2) is 11.1 Å². The number of thiazole rings is 1. The number of hydrogen-bond donors (Lipinski definition) is 2. The van der Waals surface area contributed by atoms with E-state index >= 15 is 0 Å². The van der Waals surface area contributed by atoms with Gasteiger partial charge in [-0.1, -0.05) is 12.1 Å². The van der Waals surface area contributed by atoms with Gasteiger partial charge in [-0.15, -0.1) is 35.3 Å². The molecule has 0 unspecified atom stereocenters. The lowest BCUT2D eigenvalue weighted by Gasteiger charge is -2.37. The monoisotopic (exact) mass is 516 g/mol. The molecule has 0 radical (unpaired) electrons. The smallest absolute Gasteiger partial charge is 0.194 e. The molecule has 9 heteroatoms. The Morgan fingerprint density at radius 3 is 2.57 bits per heavy atom. The van der Waals surface area contributed by atoms with Crippen molar-refractivity contribution in [2.45, 2.75) is 13.5 Å². The number of anilines is 2. The average molecular weight is 516 g/mol. The largest absolute Gasteiger partial charge is 0.506 e. The van der Waals surface area contributed by atoms with Crippen LogP contribution in [0.15, 0.2) is 34.6 Å². The van der Waals surface area contributed by atoms with Crippen LogP contribution in [-0.4, -0.2) is 67.8 Å². The number of hydrogen-bond acceptors (Lipinski definition) is 6. The van der Waals surface area contributed by atoms with Crippen LogP contribution < -0.4 is 15.1 Å². The van der Waals surface area contributed by atoms with Gasteiger partial charge in [-0.25, -0.2) is 9.98 Å². The molecule has 1 aromatic heterocycles. The van der Waals surface area contributed by atoms with Crippen molar-refractivity contribution in [2.24, 2.45) is 4.99 Å². The van der Waals surface area contributed by atoms with E-state index in [0.29, 0.717) is 12.3 Å². The molecule has 0 spiro atoms. The Balaban J connectivity index is 0.00000280. The maximum atomic E-state index is 10.1. The number of nitrogens with zero attached hydrogens (tertiary/aromatic N) is 5. The van der Waals surface area contributed by atoms with Crippen molar-refractivity contribution in [3.8, 4) is 5.75 Å². The Hall–Kier alpha value is -1.75. The Labute approximate surface area is 188 Å². The summed E-state index contributed by atoms with van der Waals surface area (Å²) in [5.74, 6) is 1.26. The van der Waals surface area contributed by atoms with Gasteiger partial charge in [0.1, 0.15) is 5.75 Å². The Morgan fingerprint density at radius 1 is 1.25 bits per heavy atom. The summed E-state index contributed by atoms with van der Waals surface area (Å²) < 4.78 is 0. The minimum Gasteiger partial charge on any atom is -0.506 e. The first kappa shape index (κ1) is 22.5. The zero-order chi connectivity index (χ0) is 19.2. The zero-order valence-corrected chi connectivity index (χ0v) is 19.8. The number of halogens is 1. The van der Waals surface area contributed by atoms with E-state index in [1.165, 1.54) is 0 Å². The second kappa shape index (κ2) is 10.7. The van der Waals surface area contributed by atoms with Crippen LogP contribution >= 0.6 is 35.3 Å². The number of nitrogens with one attached hydrogen (secondary N) is 1. The number of phenolic OH excluding ortho intramolecular Hbond substituents is 1. The topological polar surface area (TPSA) is 67.2 Å². The summed E-state index contributed by atoms with van der Waals surface area (Å²) in [6, 6.07) is 7.52. The van der Waals surface area contributed by atoms with Gasteiger partial charge in [-0.2, -0.15) is 0 Å². The minimum absolute atomic E-state index is 0. The van der Waals surface area contributed by atoms with Gasteiger partial charge in [0, 0.05) is 52.2 Å². The third-order valence-corrected chi connectivity index (χ3v) is 5.51. The van der Waals surface area contributed by atoms with Gasteiger partial charge in [0.2, 0.25) is 0 Å². The summed E-state index contributed by atoms with van der Waals surface area (Å²) >= 11 is 1.64. The highest BCUT2D eigenvalue weighted by atomic mass is 127. The van der Waals surface area contributed by atoms with Gasteiger partial charge >= 0.3 is 0 Å². The van der Waals surface area contributed by atoms with E-state index in [0.717, 1.165) is 55.2 Å². The molecule has 0 aliphatic carbocycles. The molecule has 3 rings (SSSR count). The van der Waals surface area contributed by atoms with Crippen LogP contribution in [0.1, 0.15) is 12.6 Å². The molecular formula is C19H29IN6OS. The van der Waals surface area contributed by atoms with Gasteiger partial charge in [0.25, 0.3) is 0 Å². The van der Waals surface area contributed by atoms with Crippen molar-refractivity contribution in [3.05, 3.63) is 35.3 Å². The third kappa shape index (κ3) is 5.63. The standard InChI is InChI=1S/C19H28N6OS.HI/c1-4-20-18(21-13-15-14-27-19(22-15)23(2)3)25-11-9-24(10-12-25)16-7-5-6-8-17(16)26;/h5-8,14,26H,4,9-13H2,1-3H3,(H,20,21);1H. The highest BCUT2D eigenvalue weighted by molar-refractivity contribution is 14.0. The molecule has 0 amide bonds. The van der Waals surface area contributed by atoms with Crippen LogP contribution in [0.25, 0.3) is 0 Å². The van der Waals surface area contributed by atoms with Gasteiger partial charge < -0.3 is 25.1 Å².